The molecule has 12 heavy (non-hydrogen) atoms. The lowest BCUT2D eigenvalue weighted by Gasteiger charge is -2.05. The van der Waals surface area contributed by atoms with Gasteiger partial charge in [0.25, 0.3) is 0 Å². The van der Waals surface area contributed by atoms with Gasteiger partial charge in [0.15, 0.2) is 0 Å². The molecule has 0 saturated carbocycles. The third-order valence-electron chi connectivity index (χ3n) is 1.38. The fourth-order valence-electron chi connectivity index (χ4n) is 0.805. The summed E-state index contributed by atoms with van der Waals surface area (Å²) in [6, 6.07) is 4.64. The largest absolute Gasteiger partial charge is 0.416 e. The van der Waals surface area contributed by atoms with Gasteiger partial charge in [0.2, 0.25) is 0 Å². The molecule has 0 aromatic heterocycles. The van der Waals surface area contributed by atoms with Crippen LogP contribution in [-0.4, -0.2) is 6.21 Å². The van der Waals surface area contributed by atoms with Crippen molar-refractivity contribution in [2.75, 3.05) is 0 Å². The Hall–Kier alpha value is -1.32. The van der Waals surface area contributed by atoms with E-state index in [1.807, 2.05) is 0 Å². The molecule has 0 saturated heterocycles. The van der Waals surface area contributed by atoms with Crippen molar-refractivity contribution in [2.24, 2.45) is 0 Å². The Kier molecular flexibility index (Phi) is 2.17. The molecule has 0 radical (unpaired) electrons. The van der Waals surface area contributed by atoms with Crippen molar-refractivity contribution in [3.8, 4) is 0 Å². The zero-order valence-corrected chi connectivity index (χ0v) is 6.02. The van der Waals surface area contributed by atoms with E-state index in [-0.39, 0.29) is 5.56 Å². The maximum Gasteiger partial charge on any atom is 0.416 e. The van der Waals surface area contributed by atoms with Crippen LogP contribution in [0.1, 0.15) is 11.1 Å². The number of halogens is 3. The van der Waals surface area contributed by atoms with Crippen molar-refractivity contribution in [1.82, 2.24) is 0 Å². The zero-order valence-electron chi connectivity index (χ0n) is 6.02. The van der Waals surface area contributed by atoms with E-state index >= 15 is 0 Å². The molecule has 0 amide bonds. The summed E-state index contributed by atoms with van der Waals surface area (Å²) in [5.41, 5.74) is -0.465. The molecule has 1 aromatic rings. The summed E-state index contributed by atoms with van der Waals surface area (Å²) in [6.07, 6.45) is -3.44. The van der Waals surface area contributed by atoms with Crippen LogP contribution in [0.2, 0.25) is 0 Å². The van der Waals surface area contributed by atoms with Gasteiger partial charge in [-0.05, 0) is 17.7 Å². The molecule has 0 heterocycles. The minimum atomic E-state index is -4.32. The second-order valence-electron chi connectivity index (χ2n) is 2.27. The Morgan fingerprint density at radius 3 is 2.42 bits per heavy atom. The number of nitrogens with one attached hydrogen (secondary N) is 1. The molecule has 1 rings (SSSR count). The summed E-state index contributed by atoms with van der Waals surface area (Å²) in [6.45, 7) is 0. The first-order valence-corrected chi connectivity index (χ1v) is 3.22. The van der Waals surface area contributed by atoms with Gasteiger partial charge in [0, 0.05) is 6.21 Å². The quantitative estimate of drug-likeness (QED) is 0.631. The molecule has 1 nitrogen and oxygen atoms in total. The van der Waals surface area contributed by atoms with Crippen LogP contribution in [0.4, 0.5) is 13.2 Å². The Balaban J connectivity index is 3.10. The van der Waals surface area contributed by atoms with Gasteiger partial charge in [0.1, 0.15) is 0 Å². The van der Waals surface area contributed by atoms with Crippen LogP contribution in [0, 0.1) is 5.41 Å². The molecule has 0 spiro atoms. The third-order valence-corrected chi connectivity index (χ3v) is 1.38. The van der Waals surface area contributed by atoms with E-state index in [1.165, 1.54) is 12.1 Å². The predicted molar refractivity (Wildman–Crippen MR) is 39.3 cm³/mol. The van der Waals surface area contributed by atoms with E-state index in [0.29, 0.717) is 0 Å². The topological polar surface area (TPSA) is 23.9 Å². The third kappa shape index (κ3) is 1.84. The van der Waals surface area contributed by atoms with E-state index < -0.39 is 11.7 Å². The van der Waals surface area contributed by atoms with Crippen LogP contribution < -0.4 is 0 Å². The highest BCUT2D eigenvalue weighted by molar-refractivity contribution is 5.77. The molecule has 1 aromatic carbocycles. The minimum absolute atomic E-state index is 0.254. The second-order valence-corrected chi connectivity index (χ2v) is 2.27. The number of rotatable bonds is 1. The Labute approximate surface area is 67.3 Å². The highest BCUT2D eigenvalue weighted by atomic mass is 19.4. The summed E-state index contributed by atoms with van der Waals surface area (Å²) >= 11 is 0. The molecule has 4 heteroatoms. The first-order valence-electron chi connectivity index (χ1n) is 3.22. The predicted octanol–water partition coefficient (Wildman–Crippen LogP) is 2.70. The fraction of sp³-hybridized carbons (Fsp3) is 0.125. The summed E-state index contributed by atoms with van der Waals surface area (Å²) < 4.78 is 36.1. The van der Waals surface area contributed by atoms with Gasteiger partial charge in [-0.2, -0.15) is 13.2 Å². The molecule has 0 unspecified atom stereocenters. The molecule has 64 valence electrons. The van der Waals surface area contributed by atoms with Crippen LogP contribution in [-0.2, 0) is 6.18 Å². The SMILES string of the molecule is N=Cc1cccc(C(F)(F)F)c1. The standard InChI is InChI=1S/C8H6F3N/c9-8(10,11)7-3-1-2-6(4-7)5-12/h1-5,12H. The van der Waals surface area contributed by atoms with Crippen LogP contribution in [0.5, 0.6) is 0 Å². The summed E-state index contributed by atoms with van der Waals surface area (Å²) in [7, 11) is 0. The maximum atomic E-state index is 12.0. The second kappa shape index (κ2) is 2.97. The molecule has 0 aliphatic heterocycles. The van der Waals surface area contributed by atoms with Gasteiger partial charge in [-0.15, -0.1) is 0 Å². The van der Waals surface area contributed by atoms with E-state index in [4.69, 9.17) is 5.41 Å². The van der Waals surface area contributed by atoms with Crippen molar-refractivity contribution in [2.45, 2.75) is 6.18 Å². The van der Waals surface area contributed by atoms with Gasteiger partial charge in [-0.3, -0.25) is 0 Å². The Bertz CT molecular complexity index is 291. The van der Waals surface area contributed by atoms with Crippen molar-refractivity contribution >= 4 is 6.21 Å². The lowest BCUT2D eigenvalue weighted by Crippen LogP contribution is -2.04. The van der Waals surface area contributed by atoms with E-state index in [9.17, 15) is 13.2 Å². The molecule has 1 N–H and O–H groups in total. The lowest BCUT2D eigenvalue weighted by molar-refractivity contribution is -0.137. The normalized spacial score (nSPS) is 11.2. The van der Waals surface area contributed by atoms with Gasteiger partial charge in [-0.1, -0.05) is 12.1 Å². The molecule has 0 atom stereocenters. The van der Waals surface area contributed by atoms with Crippen LogP contribution in [0.3, 0.4) is 0 Å². The highest BCUT2D eigenvalue weighted by Gasteiger charge is 2.30. The minimum Gasteiger partial charge on any atom is -0.308 e. The molecule has 0 fully saturated rings. The summed E-state index contributed by atoms with van der Waals surface area (Å²) in [5.74, 6) is 0. The van der Waals surface area contributed by atoms with Crippen molar-refractivity contribution in [3.63, 3.8) is 0 Å². The summed E-state index contributed by atoms with van der Waals surface area (Å²) in [4.78, 5) is 0. The number of benzene rings is 1. The van der Waals surface area contributed by atoms with Crippen molar-refractivity contribution in [3.05, 3.63) is 35.4 Å². The molecule has 0 bridgehead atoms. The first-order chi connectivity index (χ1) is 5.54. The van der Waals surface area contributed by atoms with Crippen molar-refractivity contribution < 1.29 is 13.2 Å². The first kappa shape index (κ1) is 8.77. The summed E-state index contributed by atoms with van der Waals surface area (Å²) in [5, 5.41) is 6.75. The van der Waals surface area contributed by atoms with Gasteiger partial charge < -0.3 is 5.41 Å². The van der Waals surface area contributed by atoms with Crippen LogP contribution >= 0.6 is 0 Å². The molecule has 0 aliphatic carbocycles. The average Bonchev–Trinajstić information content (AvgIpc) is 2.03. The number of hydrogen-bond donors (Lipinski definition) is 1. The van der Waals surface area contributed by atoms with E-state index in [1.54, 1.807) is 0 Å². The Morgan fingerprint density at radius 1 is 1.25 bits per heavy atom. The maximum absolute atomic E-state index is 12.0. The molecular formula is C8H6F3N. The molecular weight excluding hydrogens is 167 g/mol. The van der Waals surface area contributed by atoms with E-state index in [2.05, 4.69) is 0 Å². The average molecular weight is 173 g/mol. The van der Waals surface area contributed by atoms with E-state index in [0.717, 1.165) is 18.3 Å². The monoisotopic (exact) mass is 173 g/mol. The van der Waals surface area contributed by atoms with Crippen LogP contribution in [0.25, 0.3) is 0 Å². The lowest BCUT2D eigenvalue weighted by atomic mass is 10.1. The number of alkyl halides is 3. The van der Waals surface area contributed by atoms with Crippen molar-refractivity contribution in [1.29, 1.82) is 5.41 Å². The fourth-order valence-corrected chi connectivity index (χ4v) is 0.805. The zero-order chi connectivity index (χ0) is 9.19. The smallest absolute Gasteiger partial charge is 0.308 e. The number of hydrogen-bond acceptors (Lipinski definition) is 1. The Morgan fingerprint density at radius 2 is 1.92 bits per heavy atom. The van der Waals surface area contributed by atoms with Gasteiger partial charge >= 0.3 is 6.18 Å². The van der Waals surface area contributed by atoms with Crippen LogP contribution in [0.15, 0.2) is 24.3 Å². The van der Waals surface area contributed by atoms with Gasteiger partial charge in [0.05, 0.1) is 5.56 Å². The highest BCUT2D eigenvalue weighted by Crippen LogP contribution is 2.29. The van der Waals surface area contributed by atoms with Gasteiger partial charge in [-0.25, -0.2) is 0 Å². The molecule has 0 aliphatic rings.